The van der Waals surface area contributed by atoms with E-state index in [-0.39, 0.29) is 17.2 Å². The molecule has 3 aliphatic heterocycles. The molecule has 3 heterocycles. The molecule has 1 spiro atoms. The number of hydrogen-bond acceptors (Lipinski definition) is 6. The van der Waals surface area contributed by atoms with Gasteiger partial charge in [0.05, 0.1) is 16.9 Å². The third-order valence-corrected chi connectivity index (χ3v) is 8.84. The van der Waals surface area contributed by atoms with Gasteiger partial charge in [0.1, 0.15) is 11.5 Å². The Hall–Kier alpha value is -5.08. The molecule has 1 saturated heterocycles. The van der Waals surface area contributed by atoms with Crippen molar-refractivity contribution in [2.24, 2.45) is 5.92 Å². The topological polar surface area (TPSA) is 110 Å². The van der Waals surface area contributed by atoms with Gasteiger partial charge in [0.25, 0.3) is 5.69 Å². The molecule has 9 heteroatoms. The van der Waals surface area contributed by atoms with Crippen molar-refractivity contribution >= 4 is 46.5 Å². The van der Waals surface area contributed by atoms with Crippen LogP contribution in [0.25, 0.3) is 6.08 Å². The number of halogens is 1. The van der Waals surface area contributed by atoms with Gasteiger partial charge in [0.15, 0.2) is 11.6 Å². The normalized spacial score (nSPS) is 23.2. The Bertz CT molecular complexity index is 1850. The number of para-hydroxylation sites is 1. The van der Waals surface area contributed by atoms with Gasteiger partial charge in [-0.3, -0.25) is 24.5 Å². The van der Waals surface area contributed by atoms with Crippen molar-refractivity contribution in [2.75, 3.05) is 5.32 Å². The quantitative estimate of drug-likeness (QED) is 0.172. The van der Waals surface area contributed by atoms with E-state index in [1.807, 2.05) is 42.5 Å². The molecule has 8 nitrogen and oxygen atoms in total. The minimum atomic E-state index is -1.49. The van der Waals surface area contributed by atoms with Crippen LogP contribution < -0.4 is 5.32 Å². The number of Topliss-reactive ketones (excluding diaryl/α,β-unsaturated/α-hetero) is 2. The predicted molar refractivity (Wildman–Crippen MR) is 157 cm³/mol. The van der Waals surface area contributed by atoms with E-state index in [0.29, 0.717) is 21.8 Å². The van der Waals surface area contributed by atoms with E-state index in [4.69, 9.17) is 11.6 Å². The lowest BCUT2D eigenvalue weighted by molar-refractivity contribution is -0.384. The zero-order valence-electron chi connectivity index (χ0n) is 21.9. The number of benzene rings is 4. The van der Waals surface area contributed by atoms with Crippen LogP contribution in [0.5, 0.6) is 0 Å². The van der Waals surface area contributed by atoms with Crippen LogP contribution >= 0.6 is 11.6 Å². The maximum atomic E-state index is 14.7. The Labute approximate surface area is 245 Å². The lowest BCUT2D eigenvalue weighted by Crippen LogP contribution is -2.49. The number of nitrogens with one attached hydrogen (secondary N) is 1. The van der Waals surface area contributed by atoms with Gasteiger partial charge < -0.3 is 10.2 Å². The minimum Gasteiger partial charge on any atom is -0.358 e. The highest BCUT2D eigenvalue weighted by atomic mass is 35.5. The number of hydrogen-bond donors (Lipinski definition) is 1. The average Bonchev–Trinajstić information content (AvgIpc) is 3.49. The smallest absolute Gasteiger partial charge is 0.270 e. The highest BCUT2D eigenvalue weighted by Crippen LogP contribution is 2.62. The largest absolute Gasteiger partial charge is 0.358 e. The molecule has 3 aliphatic rings. The average molecular weight is 576 g/mol. The van der Waals surface area contributed by atoms with E-state index in [1.165, 1.54) is 24.3 Å². The van der Waals surface area contributed by atoms with Gasteiger partial charge >= 0.3 is 0 Å². The number of fused-ring (bicyclic) bond motifs is 6. The fourth-order valence-electron chi connectivity index (χ4n) is 6.90. The Kier molecular flexibility index (Phi) is 5.85. The second kappa shape index (κ2) is 9.49. The van der Waals surface area contributed by atoms with Gasteiger partial charge in [-0.15, -0.1) is 0 Å². The van der Waals surface area contributed by atoms with Gasteiger partial charge in [-0.1, -0.05) is 66.2 Å². The molecule has 1 N–H and O–H groups in total. The fraction of sp³-hybridized carbons (Fsp3) is 0.121. The molecular weight excluding hydrogens is 554 g/mol. The number of carbonyl (C=O) groups is 3. The van der Waals surface area contributed by atoms with E-state index in [0.717, 1.165) is 11.1 Å². The number of rotatable bonds is 5. The third kappa shape index (κ3) is 3.58. The van der Waals surface area contributed by atoms with Gasteiger partial charge in [-0.2, -0.15) is 0 Å². The van der Waals surface area contributed by atoms with Crippen LogP contribution in [0.4, 0.5) is 11.4 Å². The summed E-state index contributed by atoms with van der Waals surface area (Å²) in [6.07, 6.45) is 3.62. The van der Waals surface area contributed by atoms with E-state index in [2.05, 4.69) is 5.32 Å². The molecule has 206 valence electrons. The first kappa shape index (κ1) is 25.9. The number of amides is 1. The van der Waals surface area contributed by atoms with Gasteiger partial charge in [-0.05, 0) is 53.1 Å². The Morgan fingerprint density at radius 2 is 1.62 bits per heavy atom. The number of nitro benzene ring substituents is 1. The van der Waals surface area contributed by atoms with Crippen molar-refractivity contribution in [1.29, 1.82) is 0 Å². The summed E-state index contributed by atoms with van der Waals surface area (Å²) in [7, 11) is 0. The van der Waals surface area contributed by atoms with Crippen LogP contribution in [0.2, 0.25) is 5.02 Å². The number of non-ortho nitro benzene ring substituents is 1. The molecule has 0 bridgehead atoms. The van der Waals surface area contributed by atoms with Crippen molar-refractivity contribution in [2.45, 2.75) is 17.5 Å². The van der Waals surface area contributed by atoms with Crippen molar-refractivity contribution < 1.29 is 19.3 Å². The van der Waals surface area contributed by atoms with Crippen molar-refractivity contribution in [3.63, 3.8) is 0 Å². The van der Waals surface area contributed by atoms with Crippen LogP contribution in [0.3, 0.4) is 0 Å². The first-order valence-electron chi connectivity index (χ1n) is 13.4. The molecule has 4 aromatic rings. The summed E-state index contributed by atoms with van der Waals surface area (Å²) in [4.78, 5) is 56.5. The van der Waals surface area contributed by atoms with Crippen molar-refractivity contribution in [3.8, 4) is 0 Å². The number of ketones is 2. The number of anilines is 1. The number of nitro groups is 1. The van der Waals surface area contributed by atoms with Gasteiger partial charge in [0, 0.05) is 40.2 Å². The lowest BCUT2D eigenvalue weighted by atomic mass is 9.62. The lowest BCUT2D eigenvalue weighted by Gasteiger charge is -2.38. The second-order valence-electron chi connectivity index (χ2n) is 10.6. The summed E-state index contributed by atoms with van der Waals surface area (Å²) < 4.78 is 0. The predicted octanol–water partition coefficient (Wildman–Crippen LogP) is 6.23. The summed E-state index contributed by atoms with van der Waals surface area (Å²) >= 11 is 6.14. The van der Waals surface area contributed by atoms with Gasteiger partial charge in [-0.25, -0.2) is 0 Å². The van der Waals surface area contributed by atoms with Crippen LogP contribution in [0.15, 0.2) is 103 Å². The Balaban J connectivity index is 1.53. The van der Waals surface area contributed by atoms with E-state index < -0.39 is 39.9 Å². The Morgan fingerprint density at radius 3 is 2.40 bits per heavy atom. The summed E-state index contributed by atoms with van der Waals surface area (Å²) in [5.74, 6) is -2.46. The summed E-state index contributed by atoms with van der Waals surface area (Å²) in [6.45, 7) is 0. The van der Waals surface area contributed by atoms with Crippen LogP contribution in [0.1, 0.15) is 43.4 Å². The zero-order valence-corrected chi connectivity index (χ0v) is 22.7. The molecule has 1 fully saturated rings. The van der Waals surface area contributed by atoms with E-state index >= 15 is 0 Å². The molecule has 1 amide bonds. The second-order valence-corrected chi connectivity index (χ2v) is 11.1. The fourth-order valence-corrected chi connectivity index (χ4v) is 7.03. The molecule has 7 rings (SSSR count). The van der Waals surface area contributed by atoms with Crippen LogP contribution in [-0.4, -0.2) is 33.3 Å². The van der Waals surface area contributed by atoms with Crippen LogP contribution in [0, 0.1) is 16.0 Å². The first-order valence-corrected chi connectivity index (χ1v) is 13.7. The summed E-state index contributed by atoms with van der Waals surface area (Å²) in [5.41, 5.74) is 1.52. The molecule has 0 aliphatic carbocycles. The highest BCUT2D eigenvalue weighted by molar-refractivity contribution is 6.30. The molecular formula is C33H22ClN3O5. The summed E-state index contributed by atoms with van der Waals surface area (Å²) in [6, 6.07) is 24.8. The molecule has 0 aromatic heterocycles. The van der Waals surface area contributed by atoms with Crippen LogP contribution in [-0.2, 0) is 10.2 Å². The molecule has 0 radical (unpaired) electrons. The third-order valence-electron chi connectivity index (χ3n) is 8.59. The summed E-state index contributed by atoms with van der Waals surface area (Å²) in [5, 5.41) is 15.0. The molecule has 4 atom stereocenters. The number of carbonyl (C=O) groups excluding carboxylic acids is 3. The van der Waals surface area contributed by atoms with Crippen molar-refractivity contribution in [3.05, 3.63) is 146 Å². The highest BCUT2D eigenvalue weighted by Gasteiger charge is 2.70. The standard InChI is InChI=1S/C33H22ClN3O5/c34-22-14-12-20(13-15-22)29(38)27-28(30(39)21-7-5-8-23(18-21)37(41)42)36-17-16-19-6-1-2-9-24(19)31(36)33(27)25-10-3-4-11-26(25)35-32(33)40/h1-18,27-28,31H,(H,35,40)/t27-,28+,31+,33+/m0/s1. The molecule has 0 unspecified atom stereocenters. The van der Waals surface area contributed by atoms with Gasteiger partial charge in [0.2, 0.25) is 5.91 Å². The maximum Gasteiger partial charge on any atom is 0.270 e. The minimum absolute atomic E-state index is 0.0813. The maximum absolute atomic E-state index is 14.7. The molecule has 0 saturated carbocycles. The van der Waals surface area contributed by atoms with E-state index in [9.17, 15) is 24.5 Å². The zero-order chi connectivity index (χ0) is 29.2. The SMILES string of the molecule is O=C(c1ccc(Cl)cc1)[C@@H]1[C@H](C(=O)c2cccc([N+](=O)[O-])c2)N2C=Cc3ccccc3[C@@H]2[C@]12C(=O)Nc1ccccc12. The molecule has 4 aromatic carbocycles. The monoisotopic (exact) mass is 575 g/mol. The van der Waals surface area contributed by atoms with Crippen molar-refractivity contribution in [1.82, 2.24) is 4.90 Å². The number of nitrogens with zero attached hydrogens (tertiary/aromatic N) is 2. The Morgan fingerprint density at radius 1 is 0.881 bits per heavy atom. The molecule has 42 heavy (non-hydrogen) atoms. The van der Waals surface area contributed by atoms with E-state index in [1.54, 1.807) is 47.5 Å². The first-order chi connectivity index (χ1) is 20.3.